The molecular formula is C16H26N2O2S. The molecule has 1 N–H and O–H groups in total. The third-order valence-electron chi connectivity index (χ3n) is 3.98. The van der Waals surface area contributed by atoms with Gasteiger partial charge in [-0.25, -0.2) is 8.42 Å². The van der Waals surface area contributed by atoms with E-state index in [-0.39, 0.29) is 6.04 Å². The van der Waals surface area contributed by atoms with E-state index in [1.54, 1.807) is 16.4 Å². The average Bonchev–Trinajstić information content (AvgIpc) is 2.49. The van der Waals surface area contributed by atoms with Gasteiger partial charge in [-0.05, 0) is 43.5 Å². The molecule has 0 spiro atoms. The van der Waals surface area contributed by atoms with Gasteiger partial charge in [0.1, 0.15) is 0 Å². The van der Waals surface area contributed by atoms with Gasteiger partial charge >= 0.3 is 0 Å². The van der Waals surface area contributed by atoms with Crippen LogP contribution in [0.5, 0.6) is 0 Å². The van der Waals surface area contributed by atoms with Crippen LogP contribution < -0.4 is 5.32 Å². The smallest absolute Gasteiger partial charge is 0.243 e. The van der Waals surface area contributed by atoms with Crippen molar-refractivity contribution in [1.82, 2.24) is 9.62 Å². The maximum absolute atomic E-state index is 12.7. The van der Waals surface area contributed by atoms with Crippen LogP contribution in [0.25, 0.3) is 0 Å². The summed E-state index contributed by atoms with van der Waals surface area (Å²) in [6, 6.07) is 7.64. The zero-order chi connectivity index (χ0) is 15.3. The molecule has 0 bridgehead atoms. The molecule has 1 heterocycles. The third-order valence-corrected chi connectivity index (χ3v) is 5.86. The molecule has 1 fully saturated rings. The van der Waals surface area contributed by atoms with Crippen molar-refractivity contribution >= 4 is 10.0 Å². The van der Waals surface area contributed by atoms with E-state index in [0.717, 1.165) is 32.2 Å². The van der Waals surface area contributed by atoms with Crippen molar-refractivity contribution in [1.29, 1.82) is 0 Å². The maximum atomic E-state index is 12.7. The van der Waals surface area contributed by atoms with Gasteiger partial charge in [-0.1, -0.05) is 32.4 Å². The summed E-state index contributed by atoms with van der Waals surface area (Å²) in [5.74, 6) is 0. The van der Waals surface area contributed by atoms with Crippen LogP contribution in [0.4, 0.5) is 0 Å². The van der Waals surface area contributed by atoms with Crippen molar-refractivity contribution in [2.24, 2.45) is 0 Å². The van der Waals surface area contributed by atoms with E-state index in [0.29, 0.717) is 18.0 Å². The Morgan fingerprint density at radius 1 is 1.24 bits per heavy atom. The van der Waals surface area contributed by atoms with Crippen LogP contribution in [0.2, 0.25) is 0 Å². The fourth-order valence-corrected chi connectivity index (χ4v) is 4.41. The number of aryl methyl sites for hydroxylation is 1. The van der Waals surface area contributed by atoms with Crippen LogP contribution in [0.3, 0.4) is 0 Å². The van der Waals surface area contributed by atoms with Gasteiger partial charge in [-0.3, -0.25) is 0 Å². The molecule has 1 aromatic rings. The lowest BCUT2D eigenvalue weighted by molar-refractivity contribution is 0.286. The van der Waals surface area contributed by atoms with Crippen LogP contribution in [-0.2, 0) is 16.4 Å². The summed E-state index contributed by atoms with van der Waals surface area (Å²) in [4.78, 5) is 0.416. The average molecular weight is 310 g/mol. The fourth-order valence-electron chi connectivity index (χ4n) is 2.88. The highest BCUT2D eigenvalue weighted by Gasteiger charge is 2.29. The molecule has 1 unspecified atom stereocenters. The zero-order valence-electron chi connectivity index (χ0n) is 13.0. The Balaban J connectivity index is 2.13. The van der Waals surface area contributed by atoms with E-state index in [4.69, 9.17) is 0 Å². The molecule has 5 heteroatoms. The highest BCUT2D eigenvalue weighted by molar-refractivity contribution is 7.89. The molecule has 1 atom stereocenters. The Kier molecular flexibility index (Phi) is 5.79. The van der Waals surface area contributed by atoms with Crippen molar-refractivity contribution in [3.63, 3.8) is 0 Å². The molecule has 0 radical (unpaired) electrons. The van der Waals surface area contributed by atoms with Gasteiger partial charge in [0.15, 0.2) is 0 Å². The number of sulfonamides is 1. The SMILES string of the molecule is CCCc1ccc(S(=O)(=O)N2CCCC(NCC)C2)cc1. The Morgan fingerprint density at radius 2 is 1.95 bits per heavy atom. The second-order valence-electron chi connectivity index (χ2n) is 5.65. The summed E-state index contributed by atoms with van der Waals surface area (Å²) >= 11 is 0. The number of nitrogens with zero attached hydrogens (tertiary/aromatic N) is 1. The molecule has 0 amide bonds. The van der Waals surface area contributed by atoms with Crippen LogP contribution in [0.15, 0.2) is 29.2 Å². The predicted octanol–water partition coefficient (Wildman–Crippen LogP) is 2.40. The maximum Gasteiger partial charge on any atom is 0.243 e. The highest BCUT2D eigenvalue weighted by Crippen LogP contribution is 2.21. The standard InChI is InChI=1S/C16H26N2O2S/c1-3-6-14-8-10-16(11-9-14)21(19,20)18-12-5-7-15(13-18)17-4-2/h8-11,15,17H,3-7,12-13H2,1-2H3. The molecule has 21 heavy (non-hydrogen) atoms. The summed E-state index contributed by atoms with van der Waals surface area (Å²) in [6.45, 7) is 6.26. The number of likely N-dealkylation sites (N-methyl/N-ethyl adjacent to an activating group) is 1. The van der Waals surface area contributed by atoms with E-state index >= 15 is 0 Å². The predicted molar refractivity (Wildman–Crippen MR) is 85.9 cm³/mol. The van der Waals surface area contributed by atoms with Crippen molar-refractivity contribution in [2.45, 2.75) is 50.5 Å². The Hall–Kier alpha value is -0.910. The van der Waals surface area contributed by atoms with Crippen molar-refractivity contribution < 1.29 is 8.42 Å². The highest BCUT2D eigenvalue weighted by atomic mass is 32.2. The number of nitrogens with one attached hydrogen (secondary N) is 1. The summed E-state index contributed by atoms with van der Waals surface area (Å²) in [7, 11) is -3.35. The molecule has 0 aromatic heterocycles. The van der Waals surface area contributed by atoms with E-state index in [1.165, 1.54) is 5.56 Å². The minimum absolute atomic E-state index is 0.276. The normalized spacial score (nSPS) is 20.6. The van der Waals surface area contributed by atoms with Gasteiger partial charge in [-0.2, -0.15) is 4.31 Å². The van der Waals surface area contributed by atoms with Crippen LogP contribution in [-0.4, -0.2) is 38.4 Å². The molecule has 4 nitrogen and oxygen atoms in total. The van der Waals surface area contributed by atoms with Crippen LogP contribution in [0.1, 0.15) is 38.7 Å². The molecule has 1 aromatic carbocycles. The van der Waals surface area contributed by atoms with Crippen LogP contribution in [0, 0.1) is 0 Å². The molecule has 1 saturated heterocycles. The number of benzene rings is 1. The van der Waals surface area contributed by atoms with E-state index in [2.05, 4.69) is 19.2 Å². The van der Waals surface area contributed by atoms with Gasteiger partial charge in [0, 0.05) is 19.1 Å². The molecule has 2 rings (SSSR count). The van der Waals surface area contributed by atoms with Gasteiger partial charge in [0.05, 0.1) is 4.90 Å². The van der Waals surface area contributed by atoms with Crippen molar-refractivity contribution in [3.8, 4) is 0 Å². The Labute approximate surface area is 128 Å². The van der Waals surface area contributed by atoms with Gasteiger partial charge in [0.25, 0.3) is 0 Å². The minimum atomic E-state index is -3.35. The lowest BCUT2D eigenvalue weighted by Gasteiger charge is -2.32. The topological polar surface area (TPSA) is 49.4 Å². The second kappa shape index (κ2) is 7.38. The fraction of sp³-hybridized carbons (Fsp3) is 0.625. The number of piperidine rings is 1. The van der Waals surface area contributed by atoms with Gasteiger partial charge in [0.2, 0.25) is 10.0 Å². The van der Waals surface area contributed by atoms with Gasteiger partial charge in [-0.15, -0.1) is 0 Å². The van der Waals surface area contributed by atoms with Crippen molar-refractivity contribution in [2.75, 3.05) is 19.6 Å². The van der Waals surface area contributed by atoms with Crippen molar-refractivity contribution in [3.05, 3.63) is 29.8 Å². The quantitative estimate of drug-likeness (QED) is 0.878. The molecule has 0 saturated carbocycles. The monoisotopic (exact) mass is 310 g/mol. The number of rotatable bonds is 6. The summed E-state index contributed by atoms with van der Waals surface area (Å²) in [6.07, 6.45) is 4.04. The van der Waals surface area contributed by atoms with Crippen LogP contribution >= 0.6 is 0 Å². The molecule has 0 aliphatic carbocycles. The van der Waals surface area contributed by atoms with E-state index in [1.807, 2.05) is 12.1 Å². The Bertz CT molecular complexity index is 538. The first-order valence-electron chi connectivity index (χ1n) is 7.90. The first kappa shape index (κ1) is 16.5. The summed E-state index contributed by atoms with van der Waals surface area (Å²) < 4.78 is 27.0. The first-order valence-corrected chi connectivity index (χ1v) is 9.34. The largest absolute Gasteiger partial charge is 0.313 e. The van der Waals surface area contributed by atoms with E-state index < -0.39 is 10.0 Å². The summed E-state index contributed by atoms with van der Waals surface area (Å²) in [5, 5.41) is 3.36. The number of hydrogen-bond donors (Lipinski definition) is 1. The molecular weight excluding hydrogens is 284 g/mol. The minimum Gasteiger partial charge on any atom is -0.313 e. The summed E-state index contributed by atoms with van der Waals surface area (Å²) in [5.41, 5.74) is 1.20. The Morgan fingerprint density at radius 3 is 2.57 bits per heavy atom. The second-order valence-corrected chi connectivity index (χ2v) is 7.59. The van der Waals surface area contributed by atoms with Gasteiger partial charge < -0.3 is 5.32 Å². The molecule has 1 aliphatic heterocycles. The lowest BCUT2D eigenvalue weighted by atomic mass is 10.1. The zero-order valence-corrected chi connectivity index (χ0v) is 13.8. The molecule has 1 aliphatic rings. The third kappa shape index (κ3) is 4.05. The van der Waals surface area contributed by atoms with E-state index in [9.17, 15) is 8.42 Å². The first-order chi connectivity index (χ1) is 10.1. The lowest BCUT2D eigenvalue weighted by Crippen LogP contribution is -2.47. The number of hydrogen-bond acceptors (Lipinski definition) is 3. The molecule has 118 valence electrons.